The number of nitrogens with one attached hydrogen (secondary N) is 1. The number of nitrogens with zero attached hydrogens (tertiary/aromatic N) is 2. The summed E-state index contributed by atoms with van der Waals surface area (Å²) in [7, 11) is 0. The van der Waals surface area contributed by atoms with Crippen LogP contribution in [-0.4, -0.2) is 15.2 Å². The van der Waals surface area contributed by atoms with Crippen molar-refractivity contribution in [2.24, 2.45) is 0 Å². The smallest absolute Gasteiger partial charge is 0 e. The second kappa shape index (κ2) is 2.91. The van der Waals surface area contributed by atoms with Crippen molar-refractivity contribution in [2.75, 3.05) is 0 Å². The van der Waals surface area contributed by atoms with Gasteiger partial charge in [-0.05, 0) is 12.2 Å². The van der Waals surface area contributed by atoms with Crippen LogP contribution in [0.25, 0.3) is 0 Å². The average molecular weight is 266 g/mol. The molecule has 0 amide bonds. The van der Waals surface area contributed by atoms with Crippen molar-refractivity contribution < 1.29 is 21.1 Å². The molecule has 1 aromatic heterocycles. The van der Waals surface area contributed by atoms with Crippen LogP contribution in [-0.2, 0) is 21.1 Å². The van der Waals surface area contributed by atoms with Crippen molar-refractivity contribution in [2.45, 2.75) is 6.92 Å². The van der Waals surface area contributed by atoms with Crippen molar-refractivity contribution in [3.05, 3.63) is 12.2 Å². The SMILES string of the molecule is Cc1n[c-]n[nH]1.[W]. The van der Waals surface area contributed by atoms with Gasteiger partial charge in [0.15, 0.2) is 0 Å². The minimum atomic E-state index is 0. The van der Waals surface area contributed by atoms with Gasteiger partial charge in [0.1, 0.15) is 0 Å². The van der Waals surface area contributed by atoms with E-state index in [1.165, 1.54) is 0 Å². The minimum absolute atomic E-state index is 0. The fourth-order valence-corrected chi connectivity index (χ4v) is 0.231. The summed E-state index contributed by atoms with van der Waals surface area (Å²) < 4.78 is 0. The van der Waals surface area contributed by atoms with E-state index in [4.69, 9.17) is 0 Å². The van der Waals surface area contributed by atoms with E-state index < -0.39 is 0 Å². The van der Waals surface area contributed by atoms with Gasteiger partial charge in [0.05, 0.1) is 0 Å². The Bertz CT molecular complexity index is 114. The number of aromatic amines is 1. The van der Waals surface area contributed by atoms with Crippen LogP contribution in [0.2, 0.25) is 0 Å². The van der Waals surface area contributed by atoms with Crippen LogP contribution in [0.3, 0.4) is 0 Å². The molecule has 38 valence electrons. The minimum Gasteiger partial charge on any atom is -0.418 e. The number of aryl methyl sites for hydroxylation is 1. The number of hydrogen-bond acceptors (Lipinski definition) is 2. The molecule has 0 fully saturated rings. The quantitative estimate of drug-likeness (QED) is 0.667. The fraction of sp³-hybridized carbons (Fsp3) is 0.333. The van der Waals surface area contributed by atoms with E-state index in [0.29, 0.717) is 0 Å². The molecule has 1 N–H and O–H groups in total. The normalized spacial score (nSPS) is 7.57. The van der Waals surface area contributed by atoms with Gasteiger partial charge >= 0.3 is 0 Å². The van der Waals surface area contributed by atoms with E-state index in [1.807, 2.05) is 6.92 Å². The Hall–Kier alpha value is -0.172. The van der Waals surface area contributed by atoms with Crippen LogP contribution in [0, 0.1) is 13.3 Å². The van der Waals surface area contributed by atoms with Crippen LogP contribution >= 0.6 is 0 Å². The number of aromatic nitrogens is 3. The second-order valence-electron chi connectivity index (χ2n) is 1.02. The molecular formula is C3H4N3W-. The number of rotatable bonds is 0. The molecule has 0 bridgehead atoms. The maximum absolute atomic E-state index is 3.62. The van der Waals surface area contributed by atoms with Gasteiger partial charge in [0.25, 0.3) is 0 Å². The molecule has 0 aromatic carbocycles. The van der Waals surface area contributed by atoms with Crippen LogP contribution in [0.15, 0.2) is 0 Å². The van der Waals surface area contributed by atoms with Crippen molar-refractivity contribution in [1.82, 2.24) is 15.2 Å². The summed E-state index contributed by atoms with van der Waals surface area (Å²) in [6, 6.07) is 0. The van der Waals surface area contributed by atoms with Crippen LogP contribution in [0.5, 0.6) is 0 Å². The van der Waals surface area contributed by atoms with Gasteiger partial charge in [-0.1, -0.05) is 6.92 Å². The predicted octanol–water partition coefficient (Wildman–Crippen LogP) is -0.0892. The maximum Gasteiger partial charge on any atom is 0 e. The summed E-state index contributed by atoms with van der Waals surface area (Å²) in [4.78, 5) is 3.62. The molecule has 0 saturated heterocycles. The van der Waals surface area contributed by atoms with E-state index in [1.54, 1.807) is 0 Å². The first-order chi connectivity index (χ1) is 2.89. The Morgan fingerprint density at radius 1 is 1.71 bits per heavy atom. The summed E-state index contributed by atoms with van der Waals surface area (Å²) >= 11 is 0. The van der Waals surface area contributed by atoms with Crippen molar-refractivity contribution in [1.29, 1.82) is 0 Å². The first-order valence-corrected chi connectivity index (χ1v) is 1.64. The van der Waals surface area contributed by atoms with Crippen LogP contribution in [0.4, 0.5) is 0 Å². The zero-order valence-corrected chi connectivity index (χ0v) is 6.74. The molecule has 0 unspecified atom stereocenters. The standard InChI is InChI=1S/C3H4N3.W/c1-3-4-2-5-6-3;/h1H3,(H,4,5,6);/q-1;. The Morgan fingerprint density at radius 3 is 2.57 bits per heavy atom. The number of hydrogen-bond donors (Lipinski definition) is 1. The van der Waals surface area contributed by atoms with Gasteiger partial charge in [0.2, 0.25) is 0 Å². The van der Waals surface area contributed by atoms with Gasteiger partial charge < -0.3 is 10.1 Å². The zero-order valence-electron chi connectivity index (χ0n) is 3.80. The molecule has 0 radical (unpaired) electrons. The molecule has 3 nitrogen and oxygen atoms in total. The van der Waals surface area contributed by atoms with Crippen LogP contribution in [0.1, 0.15) is 5.82 Å². The molecule has 0 atom stereocenters. The largest absolute Gasteiger partial charge is 0.418 e. The van der Waals surface area contributed by atoms with E-state index in [-0.39, 0.29) is 21.1 Å². The molecule has 4 heteroatoms. The monoisotopic (exact) mass is 266 g/mol. The van der Waals surface area contributed by atoms with Gasteiger partial charge in [0, 0.05) is 21.1 Å². The molecule has 0 aliphatic carbocycles. The van der Waals surface area contributed by atoms with E-state index in [2.05, 4.69) is 21.5 Å². The molecule has 0 aliphatic heterocycles. The average Bonchev–Trinajstić information content (AvgIpc) is 1.86. The fourth-order valence-electron chi connectivity index (χ4n) is 0.231. The Labute approximate surface area is 55.8 Å². The molecule has 1 heterocycles. The third-order valence-electron chi connectivity index (χ3n) is 0.485. The topological polar surface area (TPSA) is 41.6 Å². The van der Waals surface area contributed by atoms with Crippen molar-refractivity contribution >= 4 is 0 Å². The number of H-pyrrole nitrogens is 1. The molecule has 7 heavy (non-hydrogen) atoms. The molecule has 0 saturated carbocycles. The maximum atomic E-state index is 3.62. The van der Waals surface area contributed by atoms with Gasteiger partial charge in [-0.15, -0.1) is 0 Å². The predicted molar refractivity (Wildman–Crippen MR) is 20.0 cm³/mol. The van der Waals surface area contributed by atoms with Gasteiger partial charge in [-0.2, -0.15) is 0 Å². The Kier molecular flexibility index (Phi) is 2.84. The van der Waals surface area contributed by atoms with Crippen LogP contribution < -0.4 is 0 Å². The molecule has 1 rings (SSSR count). The summed E-state index contributed by atoms with van der Waals surface area (Å²) in [6.07, 6.45) is 2.37. The second-order valence-corrected chi connectivity index (χ2v) is 1.02. The summed E-state index contributed by atoms with van der Waals surface area (Å²) in [5.74, 6) is 0.801. The zero-order chi connectivity index (χ0) is 4.41. The molecule has 1 aromatic rings. The third-order valence-corrected chi connectivity index (χ3v) is 0.485. The first-order valence-electron chi connectivity index (χ1n) is 1.64. The van der Waals surface area contributed by atoms with E-state index >= 15 is 0 Å². The van der Waals surface area contributed by atoms with Gasteiger partial charge in [-0.3, -0.25) is 5.10 Å². The molecule has 0 aliphatic rings. The Morgan fingerprint density at radius 2 is 2.43 bits per heavy atom. The van der Waals surface area contributed by atoms with Crippen molar-refractivity contribution in [3.8, 4) is 0 Å². The Balaban J connectivity index is 0.000000360. The molecular weight excluding hydrogens is 262 g/mol. The van der Waals surface area contributed by atoms with Crippen molar-refractivity contribution in [3.63, 3.8) is 0 Å². The van der Waals surface area contributed by atoms with E-state index in [9.17, 15) is 0 Å². The summed E-state index contributed by atoms with van der Waals surface area (Å²) in [5.41, 5.74) is 0. The summed E-state index contributed by atoms with van der Waals surface area (Å²) in [5, 5.41) is 6.04. The van der Waals surface area contributed by atoms with Gasteiger partial charge in [-0.25, -0.2) is 0 Å². The third kappa shape index (κ3) is 1.83. The summed E-state index contributed by atoms with van der Waals surface area (Å²) in [6.45, 7) is 1.82. The molecule has 0 spiro atoms. The first kappa shape index (κ1) is 6.83. The van der Waals surface area contributed by atoms with E-state index in [0.717, 1.165) is 5.82 Å².